The van der Waals surface area contributed by atoms with Crippen LogP contribution in [0.25, 0.3) is 0 Å². The summed E-state index contributed by atoms with van der Waals surface area (Å²) in [6.07, 6.45) is 2.35. The number of anilines is 1. The number of nitrogens with two attached hydrogens (primary N) is 2. The molecule has 0 aliphatic heterocycles. The molecule has 0 amide bonds. The summed E-state index contributed by atoms with van der Waals surface area (Å²) in [6, 6.07) is 3.29. The van der Waals surface area contributed by atoms with Crippen LogP contribution < -0.4 is 11.5 Å². The molecular weight excluding hydrogens is 176 g/mol. The molecule has 0 saturated heterocycles. The Labute approximate surface area is 84.0 Å². The van der Waals surface area contributed by atoms with Gasteiger partial charge in [-0.3, -0.25) is 0 Å². The van der Waals surface area contributed by atoms with E-state index in [1.807, 2.05) is 13.0 Å². The van der Waals surface area contributed by atoms with Crippen LogP contribution in [0.5, 0.6) is 5.75 Å². The Balaban J connectivity index is 3.17. The van der Waals surface area contributed by atoms with Crippen molar-refractivity contribution in [3.63, 3.8) is 0 Å². The summed E-state index contributed by atoms with van der Waals surface area (Å²) in [4.78, 5) is 0. The van der Waals surface area contributed by atoms with Crippen LogP contribution in [0.1, 0.15) is 23.6 Å². The summed E-state index contributed by atoms with van der Waals surface area (Å²) >= 11 is 0. The first-order chi connectivity index (χ1) is 6.57. The van der Waals surface area contributed by atoms with Gasteiger partial charge in [0.25, 0.3) is 0 Å². The predicted molar refractivity (Wildman–Crippen MR) is 59.0 cm³/mol. The van der Waals surface area contributed by atoms with E-state index in [0.29, 0.717) is 17.7 Å². The SMILES string of the molecule is C=CC[C@@H](N)c1c(C)ccc(N)c1O. The Morgan fingerprint density at radius 2 is 2.21 bits per heavy atom. The second kappa shape index (κ2) is 4.15. The summed E-state index contributed by atoms with van der Waals surface area (Å²) in [5.74, 6) is 0.0966. The normalized spacial score (nSPS) is 12.4. The van der Waals surface area contributed by atoms with E-state index in [1.54, 1.807) is 12.1 Å². The molecule has 1 aromatic carbocycles. The fourth-order valence-electron chi connectivity index (χ4n) is 1.49. The van der Waals surface area contributed by atoms with E-state index in [1.165, 1.54) is 0 Å². The van der Waals surface area contributed by atoms with Crippen molar-refractivity contribution in [3.8, 4) is 5.75 Å². The molecule has 3 nitrogen and oxygen atoms in total. The number of phenolic OH excluding ortho intramolecular Hbond substituents is 1. The number of hydrogen-bond acceptors (Lipinski definition) is 3. The molecule has 0 aromatic heterocycles. The minimum absolute atomic E-state index is 0.0966. The fourth-order valence-corrected chi connectivity index (χ4v) is 1.49. The maximum absolute atomic E-state index is 9.74. The monoisotopic (exact) mass is 192 g/mol. The summed E-state index contributed by atoms with van der Waals surface area (Å²) in [5.41, 5.74) is 13.5. The highest BCUT2D eigenvalue weighted by Crippen LogP contribution is 2.33. The highest BCUT2D eigenvalue weighted by molar-refractivity contribution is 5.59. The Morgan fingerprint density at radius 3 is 2.79 bits per heavy atom. The molecule has 76 valence electrons. The molecule has 0 bridgehead atoms. The zero-order valence-corrected chi connectivity index (χ0v) is 8.33. The standard InChI is InChI=1S/C11H16N2O/c1-3-4-8(12)10-7(2)5-6-9(13)11(10)14/h3,5-6,8,14H,1,4,12-13H2,2H3/t8-/m1/s1. The van der Waals surface area contributed by atoms with Gasteiger partial charge in [-0.15, -0.1) is 6.58 Å². The van der Waals surface area contributed by atoms with E-state index in [9.17, 15) is 5.11 Å². The van der Waals surface area contributed by atoms with Crippen LogP contribution in [0.4, 0.5) is 5.69 Å². The molecule has 0 fully saturated rings. The smallest absolute Gasteiger partial charge is 0.143 e. The molecular formula is C11H16N2O. The zero-order chi connectivity index (χ0) is 10.7. The van der Waals surface area contributed by atoms with Crippen LogP contribution in [-0.2, 0) is 0 Å². The van der Waals surface area contributed by atoms with Gasteiger partial charge in [0.2, 0.25) is 0 Å². The number of benzene rings is 1. The van der Waals surface area contributed by atoms with Crippen molar-refractivity contribution >= 4 is 5.69 Å². The lowest BCUT2D eigenvalue weighted by Gasteiger charge is -2.15. The molecule has 5 N–H and O–H groups in total. The molecule has 1 atom stereocenters. The maximum atomic E-state index is 9.74. The van der Waals surface area contributed by atoms with Gasteiger partial charge >= 0.3 is 0 Å². The molecule has 1 rings (SSSR count). The molecule has 14 heavy (non-hydrogen) atoms. The number of aryl methyl sites for hydroxylation is 1. The van der Waals surface area contributed by atoms with Crippen molar-refractivity contribution in [2.45, 2.75) is 19.4 Å². The lowest BCUT2D eigenvalue weighted by Crippen LogP contribution is -2.11. The van der Waals surface area contributed by atoms with Crippen molar-refractivity contribution in [1.29, 1.82) is 0 Å². The highest BCUT2D eigenvalue weighted by atomic mass is 16.3. The van der Waals surface area contributed by atoms with Crippen molar-refractivity contribution in [2.24, 2.45) is 5.73 Å². The molecule has 0 saturated carbocycles. The number of aromatic hydroxyl groups is 1. The maximum Gasteiger partial charge on any atom is 0.143 e. The van der Waals surface area contributed by atoms with Crippen LogP contribution in [0.15, 0.2) is 24.8 Å². The summed E-state index contributed by atoms with van der Waals surface area (Å²) < 4.78 is 0. The topological polar surface area (TPSA) is 72.3 Å². The molecule has 0 aliphatic carbocycles. The van der Waals surface area contributed by atoms with Gasteiger partial charge in [0, 0.05) is 11.6 Å². The molecule has 0 heterocycles. The van der Waals surface area contributed by atoms with E-state index >= 15 is 0 Å². The minimum Gasteiger partial charge on any atom is -0.505 e. The van der Waals surface area contributed by atoms with Gasteiger partial charge in [-0.2, -0.15) is 0 Å². The molecule has 0 unspecified atom stereocenters. The third-order valence-corrected chi connectivity index (χ3v) is 2.26. The first kappa shape index (κ1) is 10.6. The summed E-state index contributed by atoms with van der Waals surface area (Å²) in [7, 11) is 0. The van der Waals surface area contributed by atoms with E-state index in [0.717, 1.165) is 5.56 Å². The number of phenols is 1. The highest BCUT2D eigenvalue weighted by Gasteiger charge is 2.14. The van der Waals surface area contributed by atoms with E-state index in [4.69, 9.17) is 11.5 Å². The van der Waals surface area contributed by atoms with Crippen LogP contribution in [-0.4, -0.2) is 5.11 Å². The van der Waals surface area contributed by atoms with Gasteiger partial charge in [0.15, 0.2) is 0 Å². The van der Waals surface area contributed by atoms with Gasteiger partial charge in [0.1, 0.15) is 5.75 Å². The molecule has 1 aromatic rings. The minimum atomic E-state index is -0.240. The predicted octanol–water partition coefficient (Wildman–Crippen LogP) is 1.86. The van der Waals surface area contributed by atoms with Crippen molar-refractivity contribution < 1.29 is 5.11 Å². The van der Waals surface area contributed by atoms with Gasteiger partial charge < -0.3 is 16.6 Å². The fraction of sp³-hybridized carbons (Fsp3) is 0.273. The Morgan fingerprint density at radius 1 is 1.57 bits per heavy atom. The van der Waals surface area contributed by atoms with E-state index < -0.39 is 0 Å². The van der Waals surface area contributed by atoms with Gasteiger partial charge in [-0.05, 0) is 25.0 Å². The van der Waals surface area contributed by atoms with Crippen LogP contribution in [0.3, 0.4) is 0 Å². The lowest BCUT2D eigenvalue weighted by molar-refractivity contribution is 0.463. The first-order valence-electron chi connectivity index (χ1n) is 4.52. The average molecular weight is 192 g/mol. The molecule has 0 spiro atoms. The molecule has 0 radical (unpaired) electrons. The third kappa shape index (κ3) is 1.88. The second-order valence-corrected chi connectivity index (χ2v) is 3.36. The third-order valence-electron chi connectivity index (χ3n) is 2.26. The number of rotatable bonds is 3. The largest absolute Gasteiger partial charge is 0.505 e. The van der Waals surface area contributed by atoms with Gasteiger partial charge in [-0.1, -0.05) is 12.1 Å². The molecule has 3 heteroatoms. The Kier molecular flexibility index (Phi) is 3.14. The Bertz CT molecular complexity index is 347. The van der Waals surface area contributed by atoms with Crippen LogP contribution >= 0.6 is 0 Å². The zero-order valence-electron chi connectivity index (χ0n) is 8.33. The Hall–Kier alpha value is -1.48. The lowest BCUT2D eigenvalue weighted by atomic mass is 9.97. The average Bonchev–Trinajstić information content (AvgIpc) is 2.13. The van der Waals surface area contributed by atoms with Crippen LogP contribution in [0, 0.1) is 6.92 Å². The van der Waals surface area contributed by atoms with Gasteiger partial charge in [-0.25, -0.2) is 0 Å². The number of nitrogen functional groups attached to an aromatic ring is 1. The summed E-state index contributed by atoms with van der Waals surface area (Å²) in [5, 5.41) is 9.74. The second-order valence-electron chi connectivity index (χ2n) is 3.36. The van der Waals surface area contributed by atoms with Crippen molar-refractivity contribution in [1.82, 2.24) is 0 Å². The molecule has 0 aliphatic rings. The van der Waals surface area contributed by atoms with E-state index in [2.05, 4.69) is 6.58 Å². The summed E-state index contributed by atoms with van der Waals surface area (Å²) in [6.45, 7) is 5.52. The van der Waals surface area contributed by atoms with Gasteiger partial charge in [0.05, 0.1) is 5.69 Å². The van der Waals surface area contributed by atoms with Crippen LogP contribution in [0.2, 0.25) is 0 Å². The van der Waals surface area contributed by atoms with Crippen molar-refractivity contribution in [2.75, 3.05) is 5.73 Å². The number of hydrogen-bond donors (Lipinski definition) is 3. The quantitative estimate of drug-likeness (QED) is 0.389. The van der Waals surface area contributed by atoms with Crippen molar-refractivity contribution in [3.05, 3.63) is 35.9 Å². The van der Waals surface area contributed by atoms with E-state index in [-0.39, 0.29) is 11.8 Å². The first-order valence-corrected chi connectivity index (χ1v) is 4.52.